The average Bonchev–Trinajstić information content (AvgIpc) is 2.28. The van der Waals surface area contributed by atoms with E-state index in [-0.39, 0.29) is 11.5 Å². The molecule has 0 radical (unpaired) electrons. The van der Waals surface area contributed by atoms with Gasteiger partial charge in [0.15, 0.2) is 5.78 Å². The SMILES string of the molecule is CC1CNN(C)C1C(=O)C(C)(C)C. The maximum absolute atomic E-state index is 12.0. The molecule has 1 fully saturated rings. The highest BCUT2D eigenvalue weighted by Gasteiger charge is 2.39. The standard InChI is InChI=1S/C10H20N2O/c1-7-6-11-12(5)8(7)9(13)10(2,3)4/h7-8,11H,6H2,1-5H3. The Bertz CT molecular complexity index is 197. The maximum atomic E-state index is 12.0. The highest BCUT2D eigenvalue weighted by atomic mass is 16.1. The molecule has 0 aromatic carbocycles. The number of Topliss-reactive ketones (excluding diaryl/α,β-unsaturated/α-hetero) is 1. The third-order valence-corrected chi connectivity index (χ3v) is 2.63. The predicted molar refractivity (Wildman–Crippen MR) is 53.2 cm³/mol. The fraction of sp³-hybridized carbons (Fsp3) is 0.900. The topological polar surface area (TPSA) is 32.3 Å². The number of rotatable bonds is 1. The molecule has 3 nitrogen and oxygen atoms in total. The monoisotopic (exact) mass is 184 g/mol. The molecule has 1 aliphatic rings. The maximum Gasteiger partial charge on any atom is 0.156 e. The minimum atomic E-state index is -0.237. The van der Waals surface area contributed by atoms with Crippen LogP contribution in [0.3, 0.4) is 0 Å². The zero-order chi connectivity index (χ0) is 10.2. The van der Waals surface area contributed by atoms with E-state index in [1.807, 2.05) is 32.8 Å². The third kappa shape index (κ3) is 2.09. The van der Waals surface area contributed by atoms with E-state index in [2.05, 4.69) is 12.3 Å². The quantitative estimate of drug-likeness (QED) is 0.661. The number of hydrogen-bond donors (Lipinski definition) is 1. The number of nitrogens with one attached hydrogen (secondary N) is 1. The van der Waals surface area contributed by atoms with Gasteiger partial charge in [-0.2, -0.15) is 0 Å². The molecule has 0 amide bonds. The van der Waals surface area contributed by atoms with E-state index < -0.39 is 0 Å². The van der Waals surface area contributed by atoms with Gasteiger partial charge in [0.1, 0.15) is 0 Å². The Labute approximate surface area is 80.5 Å². The number of hydrogen-bond acceptors (Lipinski definition) is 3. The summed E-state index contributed by atoms with van der Waals surface area (Å²) in [5.41, 5.74) is 2.95. The first-order chi connectivity index (χ1) is 5.84. The summed E-state index contributed by atoms with van der Waals surface area (Å²) in [5.74, 6) is 0.740. The van der Waals surface area contributed by atoms with Crippen molar-refractivity contribution < 1.29 is 4.79 Å². The van der Waals surface area contributed by atoms with Crippen LogP contribution in [-0.4, -0.2) is 30.4 Å². The Morgan fingerprint density at radius 2 is 2.00 bits per heavy atom. The highest BCUT2D eigenvalue weighted by molar-refractivity contribution is 5.89. The summed E-state index contributed by atoms with van der Waals surface area (Å²) in [6.07, 6.45) is 0. The van der Waals surface area contributed by atoms with Gasteiger partial charge in [-0.25, -0.2) is 5.01 Å². The van der Waals surface area contributed by atoms with Crippen LogP contribution in [0.4, 0.5) is 0 Å². The Kier molecular flexibility index (Phi) is 2.78. The van der Waals surface area contributed by atoms with Gasteiger partial charge in [0.05, 0.1) is 6.04 Å². The lowest BCUT2D eigenvalue weighted by Crippen LogP contribution is -2.45. The normalized spacial score (nSPS) is 30.8. The van der Waals surface area contributed by atoms with Crippen molar-refractivity contribution in [2.45, 2.75) is 33.7 Å². The van der Waals surface area contributed by atoms with Gasteiger partial charge in [0.2, 0.25) is 0 Å². The molecule has 76 valence electrons. The molecule has 0 saturated carbocycles. The summed E-state index contributed by atoms with van der Waals surface area (Å²) in [7, 11) is 1.94. The smallest absolute Gasteiger partial charge is 0.156 e. The second-order valence-electron chi connectivity index (χ2n) is 5.01. The first-order valence-electron chi connectivity index (χ1n) is 4.84. The fourth-order valence-corrected chi connectivity index (χ4v) is 1.76. The summed E-state index contributed by atoms with van der Waals surface area (Å²) in [6, 6.07) is 0.0417. The van der Waals surface area contributed by atoms with Crippen molar-refractivity contribution in [3.05, 3.63) is 0 Å². The summed E-state index contributed by atoms with van der Waals surface area (Å²) < 4.78 is 0. The third-order valence-electron chi connectivity index (χ3n) is 2.63. The van der Waals surface area contributed by atoms with E-state index >= 15 is 0 Å². The number of nitrogens with zero attached hydrogens (tertiary/aromatic N) is 1. The molecular weight excluding hydrogens is 164 g/mol. The molecule has 1 heterocycles. The molecule has 13 heavy (non-hydrogen) atoms. The minimum Gasteiger partial charge on any atom is -0.297 e. The number of hydrazine groups is 1. The molecule has 0 spiro atoms. The van der Waals surface area contributed by atoms with Gasteiger partial charge >= 0.3 is 0 Å². The summed E-state index contributed by atoms with van der Waals surface area (Å²) >= 11 is 0. The van der Waals surface area contributed by atoms with Crippen molar-refractivity contribution >= 4 is 5.78 Å². The molecule has 1 saturated heterocycles. The van der Waals surface area contributed by atoms with Gasteiger partial charge in [-0.1, -0.05) is 27.7 Å². The van der Waals surface area contributed by atoms with E-state index in [4.69, 9.17) is 0 Å². The largest absolute Gasteiger partial charge is 0.297 e. The lowest BCUT2D eigenvalue weighted by molar-refractivity contribution is -0.132. The van der Waals surface area contributed by atoms with E-state index in [0.29, 0.717) is 11.7 Å². The zero-order valence-electron chi connectivity index (χ0n) is 9.22. The molecule has 1 aliphatic heterocycles. The van der Waals surface area contributed by atoms with Crippen LogP contribution in [0.1, 0.15) is 27.7 Å². The van der Waals surface area contributed by atoms with Crippen LogP contribution in [0.15, 0.2) is 0 Å². The van der Waals surface area contributed by atoms with Crippen LogP contribution < -0.4 is 5.43 Å². The number of likely N-dealkylation sites (N-methyl/N-ethyl adjacent to an activating group) is 1. The first-order valence-corrected chi connectivity index (χ1v) is 4.84. The highest BCUT2D eigenvalue weighted by Crippen LogP contribution is 2.25. The van der Waals surface area contributed by atoms with E-state index in [9.17, 15) is 4.79 Å². The second-order valence-corrected chi connectivity index (χ2v) is 5.01. The first kappa shape index (κ1) is 10.7. The summed E-state index contributed by atoms with van der Waals surface area (Å²) in [4.78, 5) is 12.0. The second kappa shape index (κ2) is 3.39. The Balaban J connectivity index is 2.76. The fourth-order valence-electron chi connectivity index (χ4n) is 1.76. The van der Waals surface area contributed by atoms with Crippen molar-refractivity contribution in [1.29, 1.82) is 0 Å². The molecule has 0 bridgehead atoms. The summed E-state index contributed by atoms with van der Waals surface area (Å²) in [5, 5.41) is 1.94. The average molecular weight is 184 g/mol. The number of carbonyl (C=O) groups excluding carboxylic acids is 1. The molecular formula is C10H20N2O. The Morgan fingerprint density at radius 3 is 2.31 bits per heavy atom. The van der Waals surface area contributed by atoms with Gasteiger partial charge in [-0.3, -0.25) is 10.2 Å². The zero-order valence-corrected chi connectivity index (χ0v) is 9.22. The molecule has 2 atom stereocenters. The lowest BCUT2D eigenvalue weighted by atomic mass is 9.82. The van der Waals surface area contributed by atoms with Gasteiger partial charge < -0.3 is 0 Å². The molecule has 1 N–H and O–H groups in total. The van der Waals surface area contributed by atoms with Crippen LogP contribution in [0, 0.1) is 11.3 Å². The van der Waals surface area contributed by atoms with Crippen molar-refractivity contribution in [2.75, 3.05) is 13.6 Å². The van der Waals surface area contributed by atoms with Crippen LogP contribution in [0.25, 0.3) is 0 Å². The number of ketones is 1. The van der Waals surface area contributed by atoms with E-state index in [1.165, 1.54) is 0 Å². The van der Waals surface area contributed by atoms with Crippen molar-refractivity contribution in [1.82, 2.24) is 10.4 Å². The number of carbonyl (C=O) groups is 1. The van der Waals surface area contributed by atoms with E-state index in [0.717, 1.165) is 6.54 Å². The van der Waals surface area contributed by atoms with Crippen molar-refractivity contribution in [3.8, 4) is 0 Å². The molecule has 0 aliphatic carbocycles. The Morgan fingerprint density at radius 1 is 1.46 bits per heavy atom. The molecule has 1 rings (SSSR count). The molecule has 3 heteroatoms. The van der Waals surface area contributed by atoms with Crippen LogP contribution in [0.2, 0.25) is 0 Å². The van der Waals surface area contributed by atoms with Crippen LogP contribution >= 0.6 is 0 Å². The molecule has 0 aromatic rings. The Hall–Kier alpha value is -0.410. The predicted octanol–water partition coefficient (Wildman–Crippen LogP) is 1.06. The molecule has 0 aromatic heterocycles. The van der Waals surface area contributed by atoms with Gasteiger partial charge in [-0.05, 0) is 5.92 Å². The molecule has 2 unspecified atom stereocenters. The van der Waals surface area contributed by atoms with Gasteiger partial charge in [0.25, 0.3) is 0 Å². The van der Waals surface area contributed by atoms with Crippen LogP contribution in [0.5, 0.6) is 0 Å². The van der Waals surface area contributed by atoms with Crippen molar-refractivity contribution in [3.63, 3.8) is 0 Å². The van der Waals surface area contributed by atoms with E-state index in [1.54, 1.807) is 0 Å². The van der Waals surface area contributed by atoms with Gasteiger partial charge in [-0.15, -0.1) is 0 Å². The lowest BCUT2D eigenvalue weighted by Gasteiger charge is -2.27. The van der Waals surface area contributed by atoms with Crippen LogP contribution in [-0.2, 0) is 4.79 Å². The van der Waals surface area contributed by atoms with Gasteiger partial charge in [0, 0.05) is 19.0 Å². The minimum absolute atomic E-state index is 0.0417. The van der Waals surface area contributed by atoms with Crippen molar-refractivity contribution in [2.24, 2.45) is 11.3 Å². The summed E-state index contributed by atoms with van der Waals surface area (Å²) in [6.45, 7) is 8.96.